The van der Waals surface area contributed by atoms with E-state index in [0.717, 1.165) is 64.1 Å². The number of para-hydroxylation sites is 1. The highest BCUT2D eigenvalue weighted by Crippen LogP contribution is 2.33. The number of aromatic nitrogens is 4. The first-order valence-electron chi connectivity index (χ1n) is 11.7. The van der Waals surface area contributed by atoms with E-state index >= 15 is 0 Å². The SMILES string of the molecule is C[C@H]1CN(c2nc3c(Nc4ccc(Cl)c(-c5ncc(-c6ccccc6)[nH]5)c4)cccc3[nH]2)CCO1. The highest BCUT2D eigenvalue weighted by molar-refractivity contribution is 6.33. The molecule has 8 heteroatoms. The molecule has 35 heavy (non-hydrogen) atoms. The highest BCUT2D eigenvalue weighted by atomic mass is 35.5. The standard InChI is InChI=1S/C27H25ClN6O/c1-17-16-34(12-13-35-17)27-32-23-9-5-8-22(25(23)33-27)30-19-10-11-21(28)20(14-19)26-29-15-24(31-26)18-6-3-2-4-7-18/h2-11,14-15,17,30H,12-13,16H2,1H3,(H,29,31)(H,32,33)/t17-/m0/s1. The lowest BCUT2D eigenvalue weighted by molar-refractivity contribution is 0.0527. The Morgan fingerprint density at radius 3 is 2.80 bits per heavy atom. The summed E-state index contributed by atoms with van der Waals surface area (Å²) in [5, 5.41) is 4.15. The third-order valence-corrected chi connectivity index (χ3v) is 6.53. The first-order chi connectivity index (χ1) is 17.1. The van der Waals surface area contributed by atoms with Gasteiger partial charge < -0.3 is 24.9 Å². The largest absolute Gasteiger partial charge is 0.375 e. The molecule has 176 valence electrons. The number of benzene rings is 3. The Hall–Kier alpha value is -3.81. The van der Waals surface area contributed by atoms with Crippen molar-refractivity contribution in [3.8, 4) is 22.6 Å². The molecule has 0 spiro atoms. The molecule has 2 aromatic heterocycles. The molecule has 0 saturated carbocycles. The van der Waals surface area contributed by atoms with E-state index in [9.17, 15) is 0 Å². The normalized spacial score (nSPS) is 16.1. The van der Waals surface area contributed by atoms with Gasteiger partial charge in [-0.15, -0.1) is 0 Å². The lowest BCUT2D eigenvalue weighted by Gasteiger charge is -2.30. The fraction of sp³-hybridized carbons (Fsp3) is 0.185. The number of nitrogens with one attached hydrogen (secondary N) is 3. The Bertz CT molecular complexity index is 1480. The van der Waals surface area contributed by atoms with Gasteiger partial charge >= 0.3 is 0 Å². The van der Waals surface area contributed by atoms with E-state index in [1.807, 2.05) is 72.9 Å². The van der Waals surface area contributed by atoms with Crippen molar-refractivity contribution in [2.45, 2.75) is 13.0 Å². The number of ether oxygens (including phenoxy) is 1. The van der Waals surface area contributed by atoms with E-state index in [0.29, 0.717) is 11.6 Å². The van der Waals surface area contributed by atoms with Gasteiger partial charge in [-0.3, -0.25) is 0 Å². The highest BCUT2D eigenvalue weighted by Gasteiger charge is 2.20. The van der Waals surface area contributed by atoms with Crippen molar-refractivity contribution in [2.24, 2.45) is 0 Å². The predicted octanol–water partition coefficient (Wildman–Crippen LogP) is 6.24. The van der Waals surface area contributed by atoms with Gasteiger partial charge in [0.15, 0.2) is 0 Å². The van der Waals surface area contributed by atoms with E-state index in [4.69, 9.17) is 21.3 Å². The number of imidazole rings is 2. The van der Waals surface area contributed by atoms with Crippen molar-refractivity contribution in [1.82, 2.24) is 19.9 Å². The first-order valence-corrected chi connectivity index (χ1v) is 12.0. The Kier molecular flexibility index (Phi) is 5.64. The van der Waals surface area contributed by atoms with Crippen LogP contribution in [-0.2, 0) is 4.74 Å². The van der Waals surface area contributed by atoms with E-state index in [1.54, 1.807) is 0 Å². The van der Waals surface area contributed by atoms with E-state index in [-0.39, 0.29) is 6.10 Å². The molecular formula is C27H25ClN6O. The van der Waals surface area contributed by atoms with Gasteiger partial charge in [-0.05, 0) is 42.8 Å². The Balaban J connectivity index is 1.30. The van der Waals surface area contributed by atoms with Crippen LogP contribution in [-0.4, -0.2) is 45.7 Å². The van der Waals surface area contributed by atoms with Crippen LogP contribution in [0, 0.1) is 0 Å². The van der Waals surface area contributed by atoms with Crippen LogP contribution in [0.25, 0.3) is 33.7 Å². The summed E-state index contributed by atoms with van der Waals surface area (Å²) in [6.45, 7) is 4.43. The van der Waals surface area contributed by atoms with Crippen LogP contribution in [0.3, 0.4) is 0 Å². The molecule has 5 aromatic rings. The Morgan fingerprint density at radius 2 is 1.94 bits per heavy atom. The molecule has 1 saturated heterocycles. The van der Waals surface area contributed by atoms with Gasteiger partial charge in [-0.2, -0.15) is 0 Å². The third kappa shape index (κ3) is 4.36. The van der Waals surface area contributed by atoms with E-state index in [2.05, 4.69) is 32.1 Å². The second-order valence-corrected chi connectivity index (χ2v) is 9.13. The summed E-state index contributed by atoms with van der Waals surface area (Å²) in [6.07, 6.45) is 2.02. The lowest BCUT2D eigenvalue weighted by atomic mass is 10.1. The van der Waals surface area contributed by atoms with Crippen LogP contribution < -0.4 is 10.2 Å². The number of aromatic amines is 2. The molecule has 0 bridgehead atoms. The lowest BCUT2D eigenvalue weighted by Crippen LogP contribution is -2.41. The number of rotatable bonds is 5. The second kappa shape index (κ2) is 9.09. The van der Waals surface area contributed by atoms with Crippen molar-refractivity contribution >= 4 is 40.0 Å². The molecule has 0 unspecified atom stereocenters. The predicted molar refractivity (Wildman–Crippen MR) is 141 cm³/mol. The van der Waals surface area contributed by atoms with Crippen LogP contribution in [0.1, 0.15) is 6.92 Å². The number of fused-ring (bicyclic) bond motifs is 1. The number of H-pyrrole nitrogens is 2. The van der Waals surface area contributed by atoms with Gasteiger partial charge in [0.25, 0.3) is 0 Å². The number of nitrogens with zero attached hydrogens (tertiary/aromatic N) is 3. The maximum atomic E-state index is 6.56. The molecule has 3 N–H and O–H groups in total. The monoisotopic (exact) mass is 484 g/mol. The molecule has 7 nitrogen and oxygen atoms in total. The van der Waals surface area contributed by atoms with Crippen LogP contribution in [0.5, 0.6) is 0 Å². The van der Waals surface area contributed by atoms with Gasteiger partial charge in [0.2, 0.25) is 5.95 Å². The number of morpholine rings is 1. The first kappa shape index (κ1) is 21.7. The van der Waals surface area contributed by atoms with Crippen molar-refractivity contribution in [2.75, 3.05) is 29.9 Å². The minimum absolute atomic E-state index is 0.186. The van der Waals surface area contributed by atoms with E-state index in [1.165, 1.54) is 0 Å². The molecular weight excluding hydrogens is 460 g/mol. The van der Waals surface area contributed by atoms with Gasteiger partial charge in [0.05, 0.1) is 40.8 Å². The van der Waals surface area contributed by atoms with Crippen LogP contribution in [0.2, 0.25) is 5.02 Å². The quantitative estimate of drug-likeness (QED) is 0.275. The van der Waals surface area contributed by atoms with Crippen molar-refractivity contribution in [3.05, 3.63) is 77.9 Å². The van der Waals surface area contributed by atoms with E-state index < -0.39 is 0 Å². The average molecular weight is 485 g/mol. The van der Waals surface area contributed by atoms with Crippen molar-refractivity contribution in [1.29, 1.82) is 0 Å². The number of anilines is 3. The van der Waals surface area contributed by atoms with Gasteiger partial charge in [0.1, 0.15) is 11.3 Å². The second-order valence-electron chi connectivity index (χ2n) is 8.72. The number of hydrogen-bond acceptors (Lipinski definition) is 5. The summed E-state index contributed by atoms with van der Waals surface area (Å²) >= 11 is 6.56. The molecule has 1 aliphatic heterocycles. The van der Waals surface area contributed by atoms with Crippen LogP contribution in [0.4, 0.5) is 17.3 Å². The topological polar surface area (TPSA) is 81.9 Å². The summed E-state index contributed by atoms with van der Waals surface area (Å²) in [5.41, 5.74) is 6.55. The maximum absolute atomic E-state index is 6.56. The van der Waals surface area contributed by atoms with Crippen molar-refractivity contribution in [3.63, 3.8) is 0 Å². The van der Waals surface area contributed by atoms with Crippen molar-refractivity contribution < 1.29 is 4.74 Å². The minimum atomic E-state index is 0.186. The summed E-state index contributed by atoms with van der Waals surface area (Å²) in [5.74, 6) is 1.59. The third-order valence-electron chi connectivity index (χ3n) is 6.20. The molecule has 1 fully saturated rings. The zero-order chi connectivity index (χ0) is 23.8. The van der Waals surface area contributed by atoms with Crippen LogP contribution >= 0.6 is 11.6 Å². The fourth-order valence-corrected chi connectivity index (χ4v) is 4.65. The van der Waals surface area contributed by atoms with Gasteiger partial charge in [-0.25, -0.2) is 9.97 Å². The fourth-order valence-electron chi connectivity index (χ4n) is 4.44. The average Bonchev–Trinajstić information content (AvgIpc) is 3.54. The maximum Gasteiger partial charge on any atom is 0.204 e. The van der Waals surface area contributed by atoms with Gasteiger partial charge in [-0.1, -0.05) is 48.0 Å². The molecule has 0 aliphatic carbocycles. The summed E-state index contributed by atoms with van der Waals surface area (Å²) in [4.78, 5) is 18.6. The van der Waals surface area contributed by atoms with Gasteiger partial charge in [0, 0.05) is 24.3 Å². The summed E-state index contributed by atoms with van der Waals surface area (Å²) in [6, 6.07) is 22.1. The number of hydrogen-bond donors (Lipinski definition) is 3. The summed E-state index contributed by atoms with van der Waals surface area (Å²) in [7, 11) is 0. The minimum Gasteiger partial charge on any atom is -0.375 e. The molecule has 0 amide bonds. The molecule has 1 aliphatic rings. The Labute approximate surface area is 208 Å². The Morgan fingerprint density at radius 1 is 1.06 bits per heavy atom. The molecule has 3 heterocycles. The number of halogens is 1. The zero-order valence-corrected chi connectivity index (χ0v) is 20.0. The summed E-state index contributed by atoms with van der Waals surface area (Å²) < 4.78 is 5.68. The smallest absolute Gasteiger partial charge is 0.204 e. The molecule has 1 atom stereocenters. The molecule has 6 rings (SSSR count). The zero-order valence-electron chi connectivity index (χ0n) is 19.3. The molecule has 0 radical (unpaired) electrons. The molecule has 3 aromatic carbocycles. The van der Waals surface area contributed by atoms with Crippen LogP contribution in [0.15, 0.2) is 72.9 Å².